The van der Waals surface area contributed by atoms with E-state index >= 15 is 0 Å². The Morgan fingerprint density at radius 1 is 1.07 bits per heavy atom. The lowest BCUT2D eigenvalue weighted by atomic mass is 10.1. The van der Waals surface area contributed by atoms with Crippen LogP contribution in [0.2, 0.25) is 0 Å². The zero-order valence-corrected chi connectivity index (χ0v) is 15.2. The van der Waals surface area contributed by atoms with Crippen molar-refractivity contribution >= 4 is 34.0 Å². The van der Waals surface area contributed by atoms with E-state index in [4.69, 9.17) is 4.74 Å². The van der Waals surface area contributed by atoms with E-state index in [1.165, 1.54) is 0 Å². The molecule has 5 heteroatoms. The molecular formula is C22H20N2O3. The zero-order valence-electron chi connectivity index (χ0n) is 15.2. The first-order valence-electron chi connectivity index (χ1n) is 8.99. The summed E-state index contributed by atoms with van der Waals surface area (Å²) in [6, 6.07) is 18.0. The van der Waals surface area contributed by atoms with E-state index in [0.717, 1.165) is 16.5 Å². The number of hydrogen-bond donors (Lipinski definition) is 1. The van der Waals surface area contributed by atoms with Crippen molar-refractivity contribution in [2.75, 3.05) is 16.8 Å². The van der Waals surface area contributed by atoms with Gasteiger partial charge in [0.05, 0.1) is 18.0 Å². The number of amides is 2. The van der Waals surface area contributed by atoms with E-state index in [1.807, 2.05) is 55.5 Å². The molecule has 1 heterocycles. The van der Waals surface area contributed by atoms with Crippen LogP contribution < -0.4 is 15.0 Å². The third-order valence-electron chi connectivity index (χ3n) is 4.80. The predicted molar refractivity (Wildman–Crippen MR) is 106 cm³/mol. The molecule has 1 aliphatic rings. The van der Waals surface area contributed by atoms with Crippen molar-refractivity contribution in [1.29, 1.82) is 0 Å². The maximum Gasteiger partial charge on any atom is 0.259 e. The number of benzene rings is 3. The van der Waals surface area contributed by atoms with Gasteiger partial charge >= 0.3 is 0 Å². The van der Waals surface area contributed by atoms with Crippen LogP contribution in [0.1, 0.15) is 24.2 Å². The fourth-order valence-corrected chi connectivity index (χ4v) is 3.53. The van der Waals surface area contributed by atoms with Crippen LogP contribution in [0.25, 0.3) is 10.8 Å². The summed E-state index contributed by atoms with van der Waals surface area (Å²) < 4.78 is 5.57. The standard InChI is InChI=1S/C22H20N2O3/c1-3-27-19-13-5-4-11-17(19)23-21(25)14(2)24-18-12-7-9-15-8-6-10-16(20(15)18)22(24)26/h4-14H,3H2,1-2H3,(H,23,25)/t14-/m0/s1. The lowest BCUT2D eigenvalue weighted by molar-refractivity contribution is -0.117. The van der Waals surface area contributed by atoms with Gasteiger partial charge in [0.2, 0.25) is 5.91 Å². The van der Waals surface area contributed by atoms with Crippen LogP contribution >= 0.6 is 0 Å². The Balaban J connectivity index is 1.64. The Bertz CT molecular complexity index is 1040. The molecule has 0 fully saturated rings. The molecule has 1 N–H and O–H groups in total. The SMILES string of the molecule is CCOc1ccccc1NC(=O)[C@H](C)N1C(=O)c2cccc3cccc1c23. The van der Waals surface area contributed by atoms with Gasteiger partial charge in [-0.1, -0.05) is 36.4 Å². The highest BCUT2D eigenvalue weighted by Crippen LogP contribution is 2.38. The lowest BCUT2D eigenvalue weighted by Gasteiger charge is -2.25. The molecular weight excluding hydrogens is 340 g/mol. The van der Waals surface area contributed by atoms with Crippen molar-refractivity contribution in [2.24, 2.45) is 0 Å². The third-order valence-corrected chi connectivity index (χ3v) is 4.80. The number of rotatable bonds is 5. The molecule has 3 aromatic carbocycles. The topological polar surface area (TPSA) is 58.6 Å². The van der Waals surface area contributed by atoms with Gasteiger partial charge in [-0.05, 0) is 43.5 Å². The molecule has 0 aliphatic carbocycles. The first-order valence-corrected chi connectivity index (χ1v) is 8.99. The molecule has 4 rings (SSSR count). The Morgan fingerprint density at radius 2 is 1.81 bits per heavy atom. The van der Waals surface area contributed by atoms with Crippen molar-refractivity contribution in [1.82, 2.24) is 0 Å². The molecule has 3 aromatic rings. The average Bonchev–Trinajstić information content (AvgIpc) is 2.97. The lowest BCUT2D eigenvalue weighted by Crippen LogP contribution is -2.44. The van der Waals surface area contributed by atoms with Crippen molar-refractivity contribution in [3.63, 3.8) is 0 Å². The summed E-state index contributed by atoms with van der Waals surface area (Å²) in [5.74, 6) is 0.196. The molecule has 27 heavy (non-hydrogen) atoms. The van der Waals surface area contributed by atoms with Gasteiger partial charge in [0.1, 0.15) is 11.8 Å². The second-order valence-corrected chi connectivity index (χ2v) is 6.45. The molecule has 5 nitrogen and oxygen atoms in total. The predicted octanol–water partition coefficient (Wildman–Crippen LogP) is 4.23. The van der Waals surface area contributed by atoms with Crippen molar-refractivity contribution in [2.45, 2.75) is 19.9 Å². The maximum atomic E-state index is 13.0. The van der Waals surface area contributed by atoms with Crippen LogP contribution in [0.5, 0.6) is 5.75 Å². The van der Waals surface area contributed by atoms with Gasteiger partial charge in [-0.25, -0.2) is 0 Å². The summed E-state index contributed by atoms with van der Waals surface area (Å²) in [5, 5.41) is 4.79. The maximum absolute atomic E-state index is 13.0. The van der Waals surface area contributed by atoms with E-state index in [1.54, 1.807) is 24.0 Å². The van der Waals surface area contributed by atoms with E-state index in [9.17, 15) is 9.59 Å². The van der Waals surface area contributed by atoms with Crippen LogP contribution in [0.15, 0.2) is 60.7 Å². The van der Waals surface area contributed by atoms with E-state index in [0.29, 0.717) is 23.6 Å². The second kappa shape index (κ2) is 6.76. The number of nitrogens with one attached hydrogen (secondary N) is 1. The van der Waals surface area contributed by atoms with Crippen molar-refractivity contribution in [3.05, 3.63) is 66.2 Å². The van der Waals surface area contributed by atoms with Crippen LogP contribution in [0.4, 0.5) is 11.4 Å². The molecule has 2 amide bonds. The molecule has 0 bridgehead atoms. The Kier molecular flexibility index (Phi) is 4.28. The molecule has 1 aliphatic heterocycles. The van der Waals surface area contributed by atoms with Gasteiger partial charge in [0.15, 0.2) is 0 Å². The summed E-state index contributed by atoms with van der Waals surface area (Å²) in [5.41, 5.74) is 2.00. The van der Waals surface area contributed by atoms with Gasteiger partial charge in [-0.3, -0.25) is 14.5 Å². The van der Waals surface area contributed by atoms with Gasteiger partial charge in [0.25, 0.3) is 5.91 Å². The Morgan fingerprint density at radius 3 is 2.59 bits per heavy atom. The summed E-state index contributed by atoms with van der Waals surface area (Å²) in [6.07, 6.45) is 0. The third kappa shape index (κ3) is 2.81. The number of para-hydroxylation sites is 2. The first kappa shape index (κ1) is 17.1. The molecule has 0 saturated carbocycles. The van der Waals surface area contributed by atoms with Crippen LogP contribution in [-0.4, -0.2) is 24.5 Å². The fourth-order valence-electron chi connectivity index (χ4n) is 3.53. The van der Waals surface area contributed by atoms with Gasteiger partial charge in [-0.15, -0.1) is 0 Å². The molecule has 0 spiro atoms. The van der Waals surface area contributed by atoms with Crippen LogP contribution in [0, 0.1) is 0 Å². The number of anilines is 2. The smallest absolute Gasteiger partial charge is 0.259 e. The quantitative estimate of drug-likeness (QED) is 0.741. The van der Waals surface area contributed by atoms with Crippen LogP contribution in [0.3, 0.4) is 0 Å². The minimum absolute atomic E-state index is 0.150. The van der Waals surface area contributed by atoms with Crippen molar-refractivity contribution in [3.8, 4) is 5.75 Å². The molecule has 0 unspecified atom stereocenters. The number of carbonyl (C=O) groups excluding carboxylic acids is 2. The number of nitrogens with zero attached hydrogens (tertiary/aromatic N) is 1. The van der Waals surface area contributed by atoms with Crippen molar-refractivity contribution < 1.29 is 14.3 Å². The zero-order chi connectivity index (χ0) is 19.0. The highest BCUT2D eigenvalue weighted by molar-refractivity contribution is 6.27. The van der Waals surface area contributed by atoms with Crippen LogP contribution in [-0.2, 0) is 4.79 Å². The molecule has 0 radical (unpaired) electrons. The monoisotopic (exact) mass is 360 g/mol. The summed E-state index contributed by atoms with van der Waals surface area (Å²) >= 11 is 0. The number of carbonyl (C=O) groups is 2. The Labute approximate surface area is 157 Å². The molecule has 0 aromatic heterocycles. The second-order valence-electron chi connectivity index (χ2n) is 6.45. The minimum atomic E-state index is -0.662. The van der Waals surface area contributed by atoms with E-state index in [-0.39, 0.29) is 11.8 Å². The minimum Gasteiger partial charge on any atom is -0.492 e. The van der Waals surface area contributed by atoms with Gasteiger partial charge < -0.3 is 10.1 Å². The summed E-state index contributed by atoms with van der Waals surface area (Å²) in [6.45, 7) is 4.13. The molecule has 0 saturated heterocycles. The summed E-state index contributed by atoms with van der Waals surface area (Å²) in [4.78, 5) is 27.4. The number of hydrogen-bond acceptors (Lipinski definition) is 3. The van der Waals surface area contributed by atoms with E-state index < -0.39 is 6.04 Å². The van der Waals surface area contributed by atoms with Gasteiger partial charge in [-0.2, -0.15) is 0 Å². The molecule has 136 valence electrons. The highest BCUT2D eigenvalue weighted by atomic mass is 16.5. The first-order chi connectivity index (χ1) is 13.1. The Hall–Kier alpha value is -3.34. The summed E-state index contributed by atoms with van der Waals surface area (Å²) in [7, 11) is 0. The normalized spacial score (nSPS) is 13.7. The molecule has 1 atom stereocenters. The fraction of sp³-hybridized carbons (Fsp3) is 0.182. The number of ether oxygens (including phenoxy) is 1. The van der Waals surface area contributed by atoms with Gasteiger partial charge in [0, 0.05) is 10.9 Å². The largest absolute Gasteiger partial charge is 0.492 e. The van der Waals surface area contributed by atoms with E-state index in [2.05, 4.69) is 5.32 Å². The average molecular weight is 360 g/mol. The highest BCUT2D eigenvalue weighted by Gasteiger charge is 2.35.